The summed E-state index contributed by atoms with van der Waals surface area (Å²) in [5, 5.41) is 5.35. The summed E-state index contributed by atoms with van der Waals surface area (Å²) in [6.45, 7) is 13.3. The average Bonchev–Trinajstić information content (AvgIpc) is 3.19. The van der Waals surface area contributed by atoms with Crippen molar-refractivity contribution in [2.75, 3.05) is 19.7 Å². The van der Waals surface area contributed by atoms with Crippen LogP contribution in [0.1, 0.15) is 80.6 Å². The fourth-order valence-corrected chi connectivity index (χ4v) is 3.48. The number of allylic oxidation sites excluding steroid dienone is 1. The van der Waals surface area contributed by atoms with Crippen LogP contribution in [0, 0.1) is 0 Å². The van der Waals surface area contributed by atoms with E-state index in [4.69, 9.17) is 14.2 Å². The Morgan fingerprint density at radius 1 is 1.00 bits per heavy atom. The highest BCUT2D eigenvalue weighted by molar-refractivity contribution is 5.90. The molecule has 0 bridgehead atoms. The van der Waals surface area contributed by atoms with E-state index >= 15 is 0 Å². The van der Waals surface area contributed by atoms with E-state index in [1.165, 1.54) is 4.90 Å². The molecule has 1 unspecified atom stereocenters. The van der Waals surface area contributed by atoms with Gasteiger partial charge in [-0.1, -0.05) is 12.2 Å². The van der Waals surface area contributed by atoms with Crippen LogP contribution in [-0.2, 0) is 23.8 Å². The fourth-order valence-electron chi connectivity index (χ4n) is 3.48. The minimum Gasteiger partial charge on any atom is -0.460 e. The van der Waals surface area contributed by atoms with Crippen LogP contribution >= 0.6 is 0 Å². The number of nitrogens with one attached hydrogen (secondary N) is 2. The van der Waals surface area contributed by atoms with Crippen molar-refractivity contribution in [2.45, 2.75) is 104 Å². The van der Waals surface area contributed by atoms with Gasteiger partial charge in [0.1, 0.15) is 29.9 Å². The number of esters is 1. The molecule has 0 aliphatic carbocycles. The van der Waals surface area contributed by atoms with Crippen LogP contribution in [-0.4, -0.2) is 71.9 Å². The number of rotatable bonds is 10. The molecule has 0 aromatic carbocycles. The van der Waals surface area contributed by atoms with Gasteiger partial charge in [0.05, 0.1) is 0 Å². The van der Waals surface area contributed by atoms with E-state index in [1.807, 2.05) is 6.92 Å². The number of hydrogen-bond acceptors (Lipinski definition) is 7. The molecule has 0 saturated carbocycles. The van der Waals surface area contributed by atoms with Gasteiger partial charge in [-0.2, -0.15) is 0 Å². The molecular formula is C25H43N3O7. The van der Waals surface area contributed by atoms with Crippen LogP contribution in [0.5, 0.6) is 0 Å². The van der Waals surface area contributed by atoms with Crippen molar-refractivity contribution < 1.29 is 33.4 Å². The second kappa shape index (κ2) is 13.9. The molecule has 1 fully saturated rings. The van der Waals surface area contributed by atoms with E-state index in [0.29, 0.717) is 45.2 Å². The first-order valence-electron chi connectivity index (χ1n) is 12.3. The Labute approximate surface area is 209 Å². The molecule has 1 aliphatic rings. The minimum absolute atomic E-state index is 0.151. The molecule has 10 nitrogen and oxygen atoms in total. The van der Waals surface area contributed by atoms with Crippen molar-refractivity contribution in [1.82, 2.24) is 15.5 Å². The van der Waals surface area contributed by atoms with Crippen molar-refractivity contribution in [3.63, 3.8) is 0 Å². The highest BCUT2D eigenvalue weighted by atomic mass is 16.6. The lowest BCUT2D eigenvalue weighted by molar-refractivity contribution is -0.153. The number of carbonyl (C=O) groups is 4. The van der Waals surface area contributed by atoms with Gasteiger partial charge in [0, 0.05) is 13.1 Å². The van der Waals surface area contributed by atoms with E-state index in [1.54, 1.807) is 53.7 Å². The maximum absolute atomic E-state index is 13.4. The molecule has 3 amide bonds. The molecule has 1 saturated heterocycles. The predicted molar refractivity (Wildman–Crippen MR) is 132 cm³/mol. The van der Waals surface area contributed by atoms with Crippen LogP contribution in [0.25, 0.3) is 0 Å². The third kappa shape index (κ3) is 12.5. The number of amides is 3. The SMILES string of the molecule is C/C=C/COC(=O)[C@@H]1CCCN1C(=O)C(CCCCNC(=O)OC(C)(C)C)NC(=O)OC(C)(C)C. The molecular weight excluding hydrogens is 454 g/mol. The second-order valence-corrected chi connectivity index (χ2v) is 10.5. The molecule has 2 N–H and O–H groups in total. The Kier molecular flexibility index (Phi) is 12.1. The first kappa shape index (κ1) is 30.3. The van der Waals surface area contributed by atoms with Crippen molar-refractivity contribution in [3.05, 3.63) is 12.2 Å². The van der Waals surface area contributed by atoms with Crippen molar-refractivity contribution in [3.8, 4) is 0 Å². The Morgan fingerprint density at radius 3 is 2.23 bits per heavy atom. The van der Waals surface area contributed by atoms with Crippen molar-refractivity contribution in [2.24, 2.45) is 0 Å². The monoisotopic (exact) mass is 497 g/mol. The van der Waals surface area contributed by atoms with Gasteiger partial charge in [0.2, 0.25) is 5.91 Å². The maximum atomic E-state index is 13.4. The zero-order valence-corrected chi connectivity index (χ0v) is 22.3. The topological polar surface area (TPSA) is 123 Å². The number of unbranched alkanes of at least 4 members (excludes halogenated alkanes) is 1. The summed E-state index contributed by atoms with van der Waals surface area (Å²) in [6, 6.07) is -1.54. The Hall–Kier alpha value is -2.78. The molecule has 35 heavy (non-hydrogen) atoms. The van der Waals surface area contributed by atoms with Crippen molar-refractivity contribution in [1.29, 1.82) is 0 Å². The largest absolute Gasteiger partial charge is 0.460 e. The number of hydrogen-bond donors (Lipinski definition) is 2. The molecule has 0 spiro atoms. The van der Waals surface area contributed by atoms with Gasteiger partial charge in [-0.25, -0.2) is 14.4 Å². The van der Waals surface area contributed by atoms with Crippen LogP contribution in [0.2, 0.25) is 0 Å². The Morgan fingerprint density at radius 2 is 1.63 bits per heavy atom. The summed E-state index contributed by atoms with van der Waals surface area (Å²) in [5.41, 5.74) is -1.30. The van der Waals surface area contributed by atoms with Gasteiger partial charge in [-0.15, -0.1) is 0 Å². The molecule has 1 rings (SSSR count). The lowest BCUT2D eigenvalue weighted by Gasteiger charge is -2.29. The molecule has 10 heteroatoms. The lowest BCUT2D eigenvalue weighted by Crippen LogP contribution is -2.52. The molecule has 0 aromatic rings. The molecule has 0 radical (unpaired) electrons. The van der Waals surface area contributed by atoms with Crippen LogP contribution in [0.4, 0.5) is 9.59 Å². The highest BCUT2D eigenvalue weighted by Crippen LogP contribution is 2.21. The highest BCUT2D eigenvalue weighted by Gasteiger charge is 2.38. The van der Waals surface area contributed by atoms with Crippen molar-refractivity contribution >= 4 is 24.1 Å². The summed E-state index contributed by atoms with van der Waals surface area (Å²) in [4.78, 5) is 51.6. The minimum atomic E-state index is -0.865. The number of likely N-dealkylation sites (tertiary alicyclic amines) is 1. The third-order valence-electron chi connectivity index (χ3n) is 4.94. The van der Waals surface area contributed by atoms with Gasteiger partial charge in [0.25, 0.3) is 0 Å². The quantitative estimate of drug-likeness (QED) is 0.204. The maximum Gasteiger partial charge on any atom is 0.408 e. The first-order chi connectivity index (χ1) is 16.2. The lowest BCUT2D eigenvalue weighted by atomic mass is 10.1. The fraction of sp³-hybridized carbons (Fsp3) is 0.760. The van der Waals surface area contributed by atoms with Crippen LogP contribution in [0.15, 0.2) is 12.2 Å². The zero-order valence-electron chi connectivity index (χ0n) is 22.3. The van der Waals surface area contributed by atoms with Gasteiger partial charge in [0.15, 0.2) is 0 Å². The number of nitrogens with zero attached hydrogens (tertiary/aromatic N) is 1. The molecule has 1 heterocycles. The summed E-state index contributed by atoms with van der Waals surface area (Å²) < 4.78 is 15.8. The summed E-state index contributed by atoms with van der Waals surface area (Å²) in [5.74, 6) is -0.798. The molecule has 0 aromatic heterocycles. The smallest absolute Gasteiger partial charge is 0.408 e. The van der Waals surface area contributed by atoms with E-state index in [-0.39, 0.29) is 12.5 Å². The molecule has 200 valence electrons. The van der Waals surface area contributed by atoms with Gasteiger partial charge >= 0.3 is 18.2 Å². The van der Waals surface area contributed by atoms with Gasteiger partial charge in [-0.05, 0) is 80.6 Å². The van der Waals surface area contributed by atoms with E-state index in [2.05, 4.69) is 10.6 Å². The van der Waals surface area contributed by atoms with E-state index in [9.17, 15) is 19.2 Å². The normalized spacial score (nSPS) is 17.1. The Balaban J connectivity index is 2.76. The number of carbonyl (C=O) groups excluding carboxylic acids is 4. The summed E-state index contributed by atoms with van der Waals surface area (Å²) in [6.07, 6.45) is 4.93. The van der Waals surface area contributed by atoms with E-state index in [0.717, 1.165) is 0 Å². The Bertz CT molecular complexity index is 753. The summed E-state index contributed by atoms with van der Waals surface area (Å²) in [7, 11) is 0. The second-order valence-electron chi connectivity index (χ2n) is 10.5. The summed E-state index contributed by atoms with van der Waals surface area (Å²) >= 11 is 0. The number of alkyl carbamates (subject to hydrolysis) is 2. The van der Waals surface area contributed by atoms with Crippen LogP contribution < -0.4 is 10.6 Å². The van der Waals surface area contributed by atoms with E-state index < -0.39 is 41.4 Å². The van der Waals surface area contributed by atoms with Gasteiger partial charge in [-0.3, -0.25) is 4.79 Å². The molecule has 2 atom stereocenters. The van der Waals surface area contributed by atoms with Gasteiger partial charge < -0.3 is 29.7 Å². The zero-order chi connectivity index (χ0) is 26.6. The number of ether oxygens (including phenoxy) is 3. The average molecular weight is 498 g/mol. The first-order valence-corrected chi connectivity index (χ1v) is 12.3. The molecule has 1 aliphatic heterocycles. The predicted octanol–water partition coefficient (Wildman–Crippen LogP) is 3.69. The third-order valence-corrected chi connectivity index (χ3v) is 4.94. The standard InChI is InChI=1S/C25H43N3O7/c1-8-9-17-33-21(30)19-14-12-16-28(19)20(29)18(27-23(32)35-25(5,6)7)13-10-11-15-26-22(31)34-24(2,3)4/h8-9,18-19H,10-17H2,1-7H3,(H,26,31)(H,27,32)/b9-8+/t18?,19-/m0/s1. The van der Waals surface area contributed by atoms with Crippen LogP contribution in [0.3, 0.4) is 0 Å².